The summed E-state index contributed by atoms with van der Waals surface area (Å²) in [6.45, 7) is 0.572. The summed E-state index contributed by atoms with van der Waals surface area (Å²) in [7, 11) is 0. The predicted molar refractivity (Wildman–Crippen MR) is 85.4 cm³/mol. The molecule has 3 aromatic rings. The number of rotatable bonds is 6. The van der Waals surface area contributed by atoms with E-state index in [9.17, 15) is 9.50 Å². The minimum atomic E-state index is -0.706. The number of nitrogens with zero attached hydrogens (tertiary/aromatic N) is 4. The van der Waals surface area contributed by atoms with Gasteiger partial charge in [0.1, 0.15) is 5.82 Å². The molecule has 1 unspecified atom stereocenters. The minimum Gasteiger partial charge on any atom is -0.388 e. The lowest BCUT2D eigenvalue weighted by atomic mass is 10.1. The molecule has 0 bridgehead atoms. The predicted octanol–water partition coefficient (Wildman–Crippen LogP) is 2.69. The van der Waals surface area contributed by atoms with Crippen molar-refractivity contribution in [1.82, 2.24) is 20.2 Å². The first-order valence-corrected chi connectivity index (χ1v) is 8.07. The maximum absolute atomic E-state index is 12.9. The van der Waals surface area contributed by atoms with Gasteiger partial charge in [0, 0.05) is 5.75 Å². The second-order valence-corrected chi connectivity index (χ2v) is 5.97. The molecule has 1 atom stereocenters. The highest BCUT2D eigenvalue weighted by molar-refractivity contribution is 7.99. The Balaban J connectivity index is 1.62. The van der Waals surface area contributed by atoms with E-state index in [1.54, 1.807) is 16.8 Å². The third-order valence-corrected chi connectivity index (χ3v) is 4.33. The zero-order chi connectivity index (χ0) is 16.1. The molecule has 0 saturated carbocycles. The molecule has 1 heterocycles. The van der Waals surface area contributed by atoms with Gasteiger partial charge in [0.05, 0.1) is 12.6 Å². The van der Waals surface area contributed by atoms with E-state index in [0.717, 1.165) is 5.56 Å². The number of aromatic nitrogens is 4. The first-order chi connectivity index (χ1) is 11.2. The molecule has 0 aliphatic carbocycles. The molecule has 0 saturated heterocycles. The highest BCUT2D eigenvalue weighted by Gasteiger charge is 2.12. The molecule has 118 valence electrons. The molecule has 0 fully saturated rings. The third kappa shape index (κ3) is 4.14. The number of benzene rings is 2. The average molecular weight is 330 g/mol. The number of tetrazole rings is 1. The summed E-state index contributed by atoms with van der Waals surface area (Å²) in [6.07, 6.45) is -0.706. The van der Waals surface area contributed by atoms with Crippen LogP contribution in [0.15, 0.2) is 59.8 Å². The van der Waals surface area contributed by atoms with Gasteiger partial charge in [-0.1, -0.05) is 54.2 Å². The van der Waals surface area contributed by atoms with Crippen LogP contribution < -0.4 is 0 Å². The van der Waals surface area contributed by atoms with Crippen molar-refractivity contribution in [2.45, 2.75) is 17.8 Å². The smallest absolute Gasteiger partial charge is 0.209 e. The fourth-order valence-corrected chi connectivity index (χ4v) is 2.93. The van der Waals surface area contributed by atoms with E-state index in [0.29, 0.717) is 23.0 Å². The Kier molecular flexibility index (Phi) is 4.99. The summed E-state index contributed by atoms with van der Waals surface area (Å²) in [4.78, 5) is 0. The summed E-state index contributed by atoms with van der Waals surface area (Å²) in [5.41, 5.74) is 1.77. The Morgan fingerprint density at radius 2 is 1.83 bits per heavy atom. The van der Waals surface area contributed by atoms with E-state index < -0.39 is 6.10 Å². The van der Waals surface area contributed by atoms with E-state index in [-0.39, 0.29) is 5.82 Å². The van der Waals surface area contributed by atoms with Crippen molar-refractivity contribution in [3.63, 3.8) is 0 Å². The zero-order valence-electron chi connectivity index (χ0n) is 12.2. The van der Waals surface area contributed by atoms with Crippen LogP contribution in [0.3, 0.4) is 0 Å². The Morgan fingerprint density at radius 3 is 2.57 bits per heavy atom. The summed E-state index contributed by atoms with van der Waals surface area (Å²) >= 11 is 1.36. The van der Waals surface area contributed by atoms with Crippen molar-refractivity contribution in [2.24, 2.45) is 0 Å². The van der Waals surface area contributed by atoms with Crippen LogP contribution in [0.2, 0.25) is 0 Å². The molecule has 5 nitrogen and oxygen atoms in total. The van der Waals surface area contributed by atoms with Gasteiger partial charge in [-0.3, -0.25) is 0 Å². The fraction of sp³-hybridized carbons (Fsp3) is 0.188. The van der Waals surface area contributed by atoms with Crippen molar-refractivity contribution in [2.75, 3.05) is 5.75 Å². The van der Waals surface area contributed by atoms with Crippen molar-refractivity contribution in [3.05, 3.63) is 71.5 Å². The molecule has 1 aromatic heterocycles. The van der Waals surface area contributed by atoms with Crippen LogP contribution in [0.1, 0.15) is 17.2 Å². The second-order valence-electron chi connectivity index (χ2n) is 4.98. The van der Waals surface area contributed by atoms with E-state index in [4.69, 9.17) is 0 Å². The Labute approximate surface area is 137 Å². The molecule has 7 heteroatoms. The summed E-state index contributed by atoms with van der Waals surface area (Å²) in [5, 5.41) is 22.5. The lowest BCUT2D eigenvalue weighted by molar-refractivity contribution is 0.204. The zero-order valence-corrected chi connectivity index (χ0v) is 13.0. The fourth-order valence-electron chi connectivity index (χ4n) is 2.09. The quantitative estimate of drug-likeness (QED) is 0.704. The van der Waals surface area contributed by atoms with Crippen molar-refractivity contribution in [3.8, 4) is 0 Å². The molecular weight excluding hydrogens is 315 g/mol. The molecule has 3 rings (SSSR count). The molecule has 23 heavy (non-hydrogen) atoms. The van der Waals surface area contributed by atoms with Gasteiger partial charge in [0.25, 0.3) is 0 Å². The average Bonchev–Trinajstić information content (AvgIpc) is 3.01. The Hall–Kier alpha value is -2.25. The standard InChI is InChI=1S/C16H15FN4OS/c17-14-8-6-13(7-9-14)15(22)11-23-16-18-19-20-21(16)10-12-4-2-1-3-5-12/h1-9,15,22H,10-11H2. The van der Waals surface area contributed by atoms with Gasteiger partial charge in [-0.2, -0.15) is 0 Å². The van der Waals surface area contributed by atoms with Crippen LogP contribution in [-0.2, 0) is 6.54 Å². The molecule has 0 amide bonds. The summed E-state index contributed by atoms with van der Waals surface area (Å²) in [6, 6.07) is 15.7. The van der Waals surface area contributed by atoms with Crippen molar-refractivity contribution < 1.29 is 9.50 Å². The first kappa shape index (κ1) is 15.6. The summed E-state index contributed by atoms with van der Waals surface area (Å²) < 4.78 is 14.6. The second kappa shape index (κ2) is 7.34. The van der Waals surface area contributed by atoms with E-state index in [1.165, 1.54) is 23.9 Å². The molecule has 0 aliphatic heterocycles. The molecule has 0 aliphatic rings. The van der Waals surface area contributed by atoms with Crippen LogP contribution in [0.25, 0.3) is 0 Å². The van der Waals surface area contributed by atoms with Gasteiger partial charge >= 0.3 is 0 Å². The summed E-state index contributed by atoms with van der Waals surface area (Å²) in [5.74, 6) is 0.0706. The molecular formula is C16H15FN4OS. The molecule has 0 spiro atoms. The Bertz CT molecular complexity index is 748. The van der Waals surface area contributed by atoms with Crippen molar-refractivity contribution in [1.29, 1.82) is 0 Å². The maximum Gasteiger partial charge on any atom is 0.209 e. The lowest BCUT2D eigenvalue weighted by Gasteiger charge is -2.10. The van der Waals surface area contributed by atoms with Crippen molar-refractivity contribution >= 4 is 11.8 Å². The van der Waals surface area contributed by atoms with Gasteiger partial charge in [-0.05, 0) is 33.7 Å². The topological polar surface area (TPSA) is 63.8 Å². The third-order valence-electron chi connectivity index (χ3n) is 3.30. The minimum absolute atomic E-state index is 0.319. The van der Waals surface area contributed by atoms with Gasteiger partial charge in [-0.15, -0.1) is 5.10 Å². The van der Waals surface area contributed by atoms with Gasteiger partial charge in [0.2, 0.25) is 5.16 Å². The highest BCUT2D eigenvalue weighted by atomic mass is 32.2. The monoisotopic (exact) mass is 330 g/mol. The number of aliphatic hydroxyl groups is 1. The molecule has 2 aromatic carbocycles. The van der Waals surface area contributed by atoms with E-state index >= 15 is 0 Å². The lowest BCUT2D eigenvalue weighted by Crippen LogP contribution is -2.06. The first-order valence-electron chi connectivity index (χ1n) is 7.09. The van der Waals surface area contributed by atoms with Crippen LogP contribution in [0, 0.1) is 5.82 Å². The Morgan fingerprint density at radius 1 is 1.09 bits per heavy atom. The normalized spacial score (nSPS) is 12.3. The number of halogens is 1. The van der Waals surface area contributed by atoms with Gasteiger partial charge in [-0.25, -0.2) is 9.07 Å². The number of thioether (sulfide) groups is 1. The number of hydrogen-bond donors (Lipinski definition) is 1. The largest absolute Gasteiger partial charge is 0.388 e. The van der Waals surface area contributed by atoms with Crippen LogP contribution in [0.4, 0.5) is 4.39 Å². The van der Waals surface area contributed by atoms with Gasteiger partial charge < -0.3 is 5.11 Å². The SMILES string of the molecule is OC(CSc1nnnn1Cc1ccccc1)c1ccc(F)cc1. The van der Waals surface area contributed by atoms with E-state index in [1.807, 2.05) is 30.3 Å². The van der Waals surface area contributed by atoms with Crippen LogP contribution >= 0.6 is 11.8 Å². The highest BCUT2D eigenvalue weighted by Crippen LogP contribution is 2.23. The number of aliphatic hydroxyl groups excluding tert-OH is 1. The number of hydrogen-bond acceptors (Lipinski definition) is 5. The molecule has 0 radical (unpaired) electrons. The maximum atomic E-state index is 12.9. The molecule has 1 N–H and O–H groups in total. The van der Waals surface area contributed by atoms with E-state index in [2.05, 4.69) is 15.5 Å². The van der Waals surface area contributed by atoms with Crippen LogP contribution in [-0.4, -0.2) is 31.1 Å². The van der Waals surface area contributed by atoms with Gasteiger partial charge in [0.15, 0.2) is 0 Å². The van der Waals surface area contributed by atoms with Crippen LogP contribution in [0.5, 0.6) is 0 Å².